The standard InChI is InChI=1S/C15H13N3O3/c1-21-12-7-5-11(6-8-12)18(15(17)20)13-4-2-3-10(9-16)14(13)19/h2-8,19H,1H3,(H2,17,20). The average Bonchev–Trinajstić information content (AvgIpc) is 2.49. The number of hydrogen-bond donors (Lipinski definition) is 2. The molecule has 0 fully saturated rings. The summed E-state index contributed by atoms with van der Waals surface area (Å²) in [6.07, 6.45) is 0. The summed E-state index contributed by atoms with van der Waals surface area (Å²) in [6.45, 7) is 0. The van der Waals surface area contributed by atoms with Gasteiger partial charge < -0.3 is 15.6 Å². The Morgan fingerprint density at radius 3 is 2.48 bits per heavy atom. The van der Waals surface area contributed by atoms with E-state index in [-0.39, 0.29) is 17.0 Å². The predicted molar refractivity (Wildman–Crippen MR) is 77.5 cm³/mol. The summed E-state index contributed by atoms with van der Waals surface area (Å²) in [5, 5.41) is 19.0. The summed E-state index contributed by atoms with van der Waals surface area (Å²) >= 11 is 0. The number of anilines is 2. The molecule has 3 N–H and O–H groups in total. The molecule has 2 rings (SSSR count). The van der Waals surface area contributed by atoms with Gasteiger partial charge >= 0.3 is 6.03 Å². The lowest BCUT2D eigenvalue weighted by atomic mass is 10.1. The number of para-hydroxylation sites is 1. The monoisotopic (exact) mass is 283 g/mol. The number of nitrogens with two attached hydrogens (primary N) is 1. The second-order valence-corrected chi connectivity index (χ2v) is 4.16. The van der Waals surface area contributed by atoms with Crippen molar-refractivity contribution in [1.82, 2.24) is 0 Å². The van der Waals surface area contributed by atoms with E-state index in [4.69, 9.17) is 15.7 Å². The number of methoxy groups -OCH3 is 1. The number of phenols is 1. The molecule has 0 aromatic heterocycles. The van der Waals surface area contributed by atoms with Crippen molar-refractivity contribution in [2.24, 2.45) is 5.73 Å². The zero-order valence-corrected chi connectivity index (χ0v) is 11.3. The van der Waals surface area contributed by atoms with Gasteiger partial charge in [0.25, 0.3) is 0 Å². The molecule has 0 aliphatic heterocycles. The van der Waals surface area contributed by atoms with Gasteiger partial charge in [-0.05, 0) is 36.4 Å². The van der Waals surface area contributed by atoms with E-state index in [0.29, 0.717) is 11.4 Å². The van der Waals surface area contributed by atoms with E-state index in [1.165, 1.54) is 19.2 Å². The number of nitriles is 1. The molecule has 0 spiro atoms. The highest BCUT2D eigenvalue weighted by molar-refractivity contribution is 6.00. The van der Waals surface area contributed by atoms with Crippen LogP contribution in [-0.2, 0) is 0 Å². The van der Waals surface area contributed by atoms with E-state index in [1.807, 2.05) is 6.07 Å². The zero-order chi connectivity index (χ0) is 15.4. The number of benzene rings is 2. The molecule has 0 unspecified atom stereocenters. The Morgan fingerprint density at radius 1 is 1.29 bits per heavy atom. The number of rotatable bonds is 3. The molecular weight excluding hydrogens is 270 g/mol. The molecule has 0 aliphatic carbocycles. The Hall–Kier alpha value is -3.20. The third-order valence-corrected chi connectivity index (χ3v) is 2.93. The smallest absolute Gasteiger partial charge is 0.324 e. The summed E-state index contributed by atoms with van der Waals surface area (Å²) in [6, 6.07) is 12.2. The first kappa shape index (κ1) is 14.2. The van der Waals surface area contributed by atoms with E-state index in [1.54, 1.807) is 30.3 Å². The van der Waals surface area contributed by atoms with E-state index < -0.39 is 6.03 Å². The van der Waals surface area contributed by atoms with Gasteiger partial charge in [0.05, 0.1) is 24.0 Å². The molecule has 0 bridgehead atoms. The zero-order valence-electron chi connectivity index (χ0n) is 11.3. The highest BCUT2D eigenvalue weighted by atomic mass is 16.5. The maximum absolute atomic E-state index is 11.7. The molecule has 2 amide bonds. The fraction of sp³-hybridized carbons (Fsp3) is 0.0667. The van der Waals surface area contributed by atoms with Gasteiger partial charge in [-0.3, -0.25) is 4.90 Å². The third kappa shape index (κ3) is 2.72. The van der Waals surface area contributed by atoms with Gasteiger partial charge in [-0.25, -0.2) is 4.79 Å². The average molecular weight is 283 g/mol. The molecule has 2 aromatic carbocycles. The topological polar surface area (TPSA) is 99.6 Å². The molecule has 0 radical (unpaired) electrons. The van der Waals surface area contributed by atoms with E-state index in [9.17, 15) is 9.90 Å². The van der Waals surface area contributed by atoms with Crippen molar-refractivity contribution in [2.75, 3.05) is 12.0 Å². The van der Waals surface area contributed by atoms with Crippen LogP contribution in [0.25, 0.3) is 0 Å². The van der Waals surface area contributed by atoms with Gasteiger partial charge in [0.2, 0.25) is 0 Å². The fourth-order valence-electron chi connectivity index (χ4n) is 1.92. The van der Waals surface area contributed by atoms with Crippen molar-refractivity contribution in [3.63, 3.8) is 0 Å². The largest absolute Gasteiger partial charge is 0.504 e. The van der Waals surface area contributed by atoms with E-state index >= 15 is 0 Å². The van der Waals surface area contributed by atoms with Gasteiger partial charge in [-0.2, -0.15) is 5.26 Å². The molecule has 6 heteroatoms. The lowest BCUT2D eigenvalue weighted by Gasteiger charge is -2.22. The van der Waals surface area contributed by atoms with Crippen LogP contribution in [0, 0.1) is 11.3 Å². The number of amides is 2. The number of carbonyl (C=O) groups excluding carboxylic acids is 1. The first-order chi connectivity index (χ1) is 10.1. The maximum Gasteiger partial charge on any atom is 0.324 e. The second kappa shape index (κ2) is 5.84. The van der Waals surface area contributed by atoms with Crippen LogP contribution < -0.4 is 15.4 Å². The van der Waals surface area contributed by atoms with Crippen molar-refractivity contribution in [1.29, 1.82) is 5.26 Å². The Kier molecular flexibility index (Phi) is 3.95. The third-order valence-electron chi connectivity index (χ3n) is 2.93. The van der Waals surface area contributed by atoms with Crippen LogP contribution in [0.15, 0.2) is 42.5 Å². The molecule has 0 atom stereocenters. The Balaban J connectivity index is 2.54. The fourth-order valence-corrected chi connectivity index (χ4v) is 1.92. The predicted octanol–water partition coefficient (Wildman–Crippen LogP) is 2.49. The Morgan fingerprint density at radius 2 is 1.95 bits per heavy atom. The molecule has 0 saturated heterocycles. The Labute approximate surface area is 121 Å². The van der Waals surface area contributed by atoms with Crippen molar-refractivity contribution >= 4 is 17.4 Å². The van der Waals surface area contributed by atoms with Gasteiger partial charge in [0.1, 0.15) is 11.8 Å². The molecule has 0 heterocycles. The van der Waals surface area contributed by atoms with E-state index in [2.05, 4.69) is 0 Å². The molecule has 21 heavy (non-hydrogen) atoms. The van der Waals surface area contributed by atoms with Crippen molar-refractivity contribution in [3.05, 3.63) is 48.0 Å². The molecular formula is C15H13N3O3. The summed E-state index contributed by atoms with van der Waals surface area (Å²) in [5.74, 6) is 0.327. The van der Waals surface area contributed by atoms with Crippen molar-refractivity contribution < 1.29 is 14.6 Å². The minimum Gasteiger partial charge on any atom is -0.504 e. The molecule has 0 aliphatic rings. The lowest BCUT2D eigenvalue weighted by molar-refractivity contribution is 0.256. The number of urea groups is 1. The van der Waals surface area contributed by atoms with Crippen molar-refractivity contribution in [2.45, 2.75) is 0 Å². The minimum absolute atomic E-state index is 0.0623. The number of carbonyl (C=O) groups is 1. The van der Waals surface area contributed by atoms with Crippen LogP contribution in [-0.4, -0.2) is 18.2 Å². The summed E-state index contributed by atoms with van der Waals surface area (Å²) in [4.78, 5) is 12.9. The van der Waals surface area contributed by atoms with Crippen LogP contribution in [0.2, 0.25) is 0 Å². The molecule has 6 nitrogen and oxygen atoms in total. The maximum atomic E-state index is 11.7. The number of phenolic OH excluding ortho intramolecular Hbond substituents is 1. The number of aromatic hydroxyl groups is 1. The SMILES string of the molecule is COc1ccc(N(C(N)=O)c2cccc(C#N)c2O)cc1. The van der Waals surface area contributed by atoms with Crippen LogP contribution in [0.4, 0.5) is 16.2 Å². The molecule has 0 saturated carbocycles. The number of primary amides is 1. The van der Waals surface area contributed by atoms with Gasteiger partial charge in [0, 0.05) is 0 Å². The molecule has 2 aromatic rings. The highest BCUT2D eigenvalue weighted by Gasteiger charge is 2.20. The van der Waals surface area contributed by atoms with E-state index in [0.717, 1.165) is 4.90 Å². The van der Waals surface area contributed by atoms with Crippen LogP contribution in [0.1, 0.15) is 5.56 Å². The summed E-state index contributed by atoms with van der Waals surface area (Å²) in [5.41, 5.74) is 6.05. The Bertz CT molecular complexity index is 705. The number of ether oxygens (including phenoxy) is 1. The quantitative estimate of drug-likeness (QED) is 0.903. The summed E-state index contributed by atoms with van der Waals surface area (Å²) in [7, 11) is 1.53. The van der Waals surface area contributed by atoms with Crippen LogP contribution in [0.5, 0.6) is 11.5 Å². The number of nitrogens with zero attached hydrogens (tertiary/aromatic N) is 2. The number of hydrogen-bond acceptors (Lipinski definition) is 4. The van der Waals surface area contributed by atoms with Crippen LogP contribution in [0.3, 0.4) is 0 Å². The van der Waals surface area contributed by atoms with Gasteiger partial charge in [-0.15, -0.1) is 0 Å². The van der Waals surface area contributed by atoms with Gasteiger partial charge in [-0.1, -0.05) is 6.07 Å². The minimum atomic E-state index is -0.773. The van der Waals surface area contributed by atoms with Crippen LogP contribution >= 0.6 is 0 Å². The lowest BCUT2D eigenvalue weighted by Crippen LogP contribution is -2.31. The molecule has 106 valence electrons. The normalized spacial score (nSPS) is 9.71. The second-order valence-electron chi connectivity index (χ2n) is 4.16. The first-order valence-electron chi connectivity index (χ1n) is 6.04. The van der Waals surface area contributed by atoms with Gasteiger partial charge in [0.15, 0.2) is 5.75 Å². The highest BCUT2D eigenvalue weighted by Crippen LogP contribution is 2.35. The summed E-state index contributed by atoms with van der Waals surface area (Å²) < 4.78 is 5.05. The first-order valence-corrected chi connectivity index (χ1v) is 6.04. The van der Waals surface area contributed by atoms with Crippen molar-refractivity contribution in [3.8, 4) is 17.6 Å².